The van der Waals surface area contributed by atoms with E-state index in [4.69, 9.17) is 15.2 Å². The van der Waals surface area contributed by atoms with Gasteiger partial charge in [-0.1, -0.05) is 12.1 Å². The summed E-state index contributed by atoms with van der Waals surface area (Å²) in [5.74, 6) is 0.721. The minimum Gasteiger partial charge on any atom is -0.490 e. The number of nitrogens with zero attached hydrogens (tertiary/aromatic N) is 1. The molecule has 5 nitrogen and oxygen atoms in total. The third-order valence-electron chi connectivity index (χ3n) is 3.34. The summed E-state index contributed by atoms with van der Waals surface area (Å²) in [6.07, 6.45) is -0.124. The van der Waals surface area contributed by atoms with Crippen molar-refractivity contribution in [2.75, 3.05) is 38.6 Å². The molecule has 1 aromatic carbocycles. The number of ether oxygens (including phenoxy) is 2. The van der Waals surface area contributed by atoms with Gasteiger partial charge in [-0.05, 0) is 26.0 Å². The number of morpholine rings is 1. The lowest BCUT2D eigenvalue weighted by atomic mass is 10.1. The van der Waals surface area contributed by atoms with Crippen molar-refractivity contribution in [2.45, 2.75) is 25.6 Å². The molecule has 0 aromatic heterocycles. The molecule has 1 unspecified atom stereocenters. The van der Waals surface area contributed by atoms with Crippen LogP contribution in [0, 0.1) is 0 Å². The fourth-order valence-electron chi connectivity index (χ4n) is 2.58. The summed E-state index contributed by atoms with van der Waals surface area (Å²) in [5, 5.41) is 9.28. The highest BCUT2D eigenvalue weighted by molar-refractivity contribution is 5.51. The van der Waals surface area contributed by atoms with E-state index >= 15 is 0 Å². The lowest BCUT2D eigenvalue weighted by Crippen LogP contribution is -2.54. The second-order valence-corrected chi connectivity index (χ2v) is 5.80. The molecule has 5 heteroatoms. The van der Waals surface area contributed by atoms with E-state index in [-0.39, 0.29) is 18.3 Å². The van der Waals surface area contributed by atoms with Crippen molar-refractivity contribution in [1.29, 1.82) is 0 Å². The van der Waals surface area contributed by atoms with Crippen molar-refractivity contribution in [2.24, 2.45) is 0 Å². The molecule has 1 saturated heterocycles. The van der Waals surface area contributed by atoms with Crippen LogP contribution in [0.25, 0.3) is 0 Å². The number of para-hydroxylation sites is 2. The van der Waals surface area contributed by atoms with Crippen molar-refractivity contribution >= 4 is 5.69 Å². The molecule has 0 amide bonds. The Morgan fingerprint density at radius 3 is 2.90 bits per heavy atom. The summed E-state index contributed by atoms with van der Waals surface area (Å²) < 4.78 is 11.5. The number of aliphatic hydroxyl groups excluding tert-OH is 1. The minimum absolute atomic E-state index is 0.0480. The molecule has 20 heavy (non-hydrogen) atoms. The van der Waals surface area contributed by atoms with Gasteiger partial charge in [-0.3, -0.25) is 4.90 Å². The van der Waals surface area contributed by atoms with Crippen molar-refractivity contribution in [1.82, 2.24) is 4.90 Å². The Balaban J connectivity index is 1.83. The van der Waals surface area contributed by atoms with Gasteiger partial charge in [0.1, 0.15) is 12.4 Å². The third-order valence-corrected chi connectivity index (χ3v) is 3.34. The molecule has 0 radical (unpaired) electrons. The SMILES string of the molecule is CC1(C)CN(CCOc2ccccc2N)CC(CO)O1. The molecule has 0 aliphatic carbocycles. The number of hydrogen-bond acceptors (Lipinski definition) is 5. The number of hydrogen-bond donors (Lipinski definition) is 2. The highest BCUT2D eigenvalue weighted by Gasteiger charge is 2.32. The Morgan fingerprint density at radius 1 is 1.45 bits per heavy atom. The van der Waals surface area contributed by atoms with Gasteiger partial charge in [0.05, 0.1) is 24.0 Å². The van der Waals surface area contributed by atoms with E-state index in [2.05, 4.69) is 4.90 Å². The van der Waals surface area contributed by atoms with E-state index < -0.39 is 0 Å². The fourth-order valence-corrected chi connectivity index (χ4v) is 2.58. The van der Waals surface area contributed by atoms with Gasteiger partial charge in [0, 0.05) is 19.6 Å². The Bertz CT molecular complexity index is 437. The zero-order valence-electron chi connectivity index (χ0n) is 12.2. The zero-order valence-corrected chi connectivity index (χ0v) is 12.2. The van der Waals surface area contributed by atoms with Crippen molar-refractivity contribution < 1.29 is 14.6 Å². The topological polar surface area (TPSA) is 68.0 Å². The zero-order chi connectivity index (χ0) is 14.6. The summed E-state index contributed by atoms with van der Waals surface area (Å²) in [6.45, 7) is 7.05. The Labute approximate surface area is 120 Å². The molecule has 1 heterocycles. The fraction of sp³-hybridized carbons (Fsp3) is 0.600. The third kappa shape index (κ3) is 4.10. The van der Waals surface area contributed by atoms with E-state index in [0.29, 0.717) is 12.3 Å². The molecular formula is C15H24N2O3. The smallest absolute Gasteiger partial charge is 0.142 e. The van der Waals surface area contributed by atoms with Crippen LogP contribution in [0.3, 0.4) is 0 Å². The van der Waals surface area contributed by atoms with E-state index in [1.54, 1.807) is 0 Å². The first-order valence-corrected chi connectivity index (χ1v) is 6.98. The molecule has 0 bridgehead atoms. The van der Waals surface area contributed by atoms with Crippen LogP contribution in [0.15, 0.2) is 24.3 Å². The molecule has 112 valence electrons. The molecule has 0 saturated carbocycles. The first kappa shape index (κ1) is 15.1. The quantitative estimate of drug-likeness (QED) is 0.791. The minimum atomic E-state index is -0.239. The van der Waals surface area contributed by atoms with Crippen molar-refractivity contribution in [3.8, 4) is 5.75 Å². The van der Waals surface area contributed by atoms with Gasteiger partial charge >= 0.3 is 0 Å². The Morgan fingerprint density at radius 2 is 2.20 bits per heavy atom. The van der Waals surface area contributed by atoms with Crippen LogP contribution in [-0.2, 0) is 4.74 Å². The van der Waals surface area contributed by atoms with E-state index in [0.717, 1.165) is 25.4 Å². The predicted octanol–water partition coefficient (Wildman–Crippen LogP) is 1.12. The molecular weight excluding hydrogens is 256 g/mol. The van der Waals surface area contributed by atoms with Crippen LogP contribution in [0.5, 0.6) is 5.75 Å². The average Bonchev–Trinajstić information content (AvgIpc) is 2.39. The molecule has 1 aromatic rings. The second-order valence-electron chi connectivity index (χ2n) is 5.80. The van der Waals surface area contributed by atoms with Crippen LogP contribution < -0.4 is 10.5 Å². The molecule has 1 aliphatic rings. The molecule has 0 spiro atoms. The molecule has 1 aliphatic heterocycles. The molecule has 1 atom stereocenters. The summed E-state index contributed by atoms with van der Waals surface area (Å²) in [7, 11) is 0. The second kappa shape index (κ2) is 6.43. The van der Waals surface area contributed by atoms with Crippen LogP contribution >= 0.6 is 0 Å². The number of benzene rings is 1. The summed E-state index contributed by atoms with van der Waals surface area (Å²) in [5.41, 5.74) is 6.25. The number of aliphatic hydroxyl groups is 1. The van der Waals surface area contributed by atoms with Crippen LogP contribution in [0.2, 0.25) is 0 Å². The number of rotatable bonds is 5. The van der Waals surface area contributed by atoms with Crippen molar-refractivity contribution in [3.05, 3.63) is 24.3 Å². The van der Waals surface area contributed by atoms with Gasteiger partial charge in [-0.2, -0.15) is 0 Å². The van der Waals surface area contributed by atoms with E-state index in [1.807, 2.05) is 38.1 Å². The standard InChI is InChI=1S/C15H24N2O3/c1-15(2)11-17(9-12(10-18)20-15)7-8-19-14-6-4-3-5-13(14)16/h3-6,12,18H,7-11,16H2,1-2H3. The normalized spacial score (nSPS) is 22.6. The highest BCUT2D eigenvalue weighted by Crippen LogP contribution is 2.22. The van der Waals surface area contributed by atoms with Gasteiger partial charge in [-0.15, -0.1) is 0 Å². The number of anilines is 1. The predicted molar refractivity (Wildman–Crippen MR) is 78.8 cm³/mol. The van der Waals surface area contributed by atoms with Gasteiger partial charge in [0.2, 0.25) is 0 Å². The lowest BCUT2D eigenvalue weighted by molar-refractivity contribution is -0.149. The molecule has 3 N–H and O–H groups in total. The summed E-state index contributed by atoms with van der Waals surface area (Å²) in [6, 6.07) is 7.49. The Kier molecular flexibility index (Phi) is 4.86. The van der Waals surface area contributed by atoms with Crippen LogP contribution in [0.1, 0.15) is 13.8 Å². The average molecular weight is 280 g/mol. The maximum absolute atomic E-state index is 9.28. The first-order valence-electron chi connectivity index (χ1n) is 6.98. The van der Waals surface area contributed by atoms with Gasteiger partial charge in [0.25, 0.3) is 0 Å². The number of nitrogen functional groups attached to an aromatic ring is 1. The molecule has 1 fully saturated rings. The van der Waals surface area contributed by atoms with Gasteiger partial charge < -0.3 is 20.3 Å². The monoisotopic (exact) mass is 280 g/mol. The maximum Gasteiger partial charge on any atom is 0.142 e. The van der Waals surface area contributed by atoms with Crippen LogP contribution in [-0.4, -0.2) is 54.6 Å². The Hall–Kier alpha value is -1.30. The lowest BCUT2D eigenvalue weighted by Gasteiger charge is -2.42. The van der Waals surface area contributed by atoms with E-state index in [1.165, 1.54) is 0 Å². The maximum atomic E-state index is 9.28. The first-order chi connectivity index (χ1) is 9.50. The summed E-state index contributed by atoms with van der Waals surface area (Å²) in [4.78, 5) is 2.25. The van der Waals surface area contributed by atoms with Crippen molar-refractivity contribution in [3.63, 3.8) is 0 Å². The number of nitrogens with two attached hydrogens (primary N) is 1. The van der Waals surface area contributed by atoms with Crippen LogP contribution in [0.4, 0.5) is 5.69 Å². The largest absolute Gasteiger partial charge is 0.490 e. The van der Waals surface area contributed by atoms with E-state index in [9.17, 15) is 5.11 Å². The van der Waals surface area contributed by atoms with Gasteiger partial charge in [-0.25, -0.2) is 0 Å². The summed E-state index contributed by atoms with van der Waals surface area (Å²) >= 11 is 0. The van der Waals surface area contributed by atoms with Gasteiger partial charge in [0.15, 0.2) is 0 Å². The highest BCUT2D eigenvalue weighted by atomic mass is 16.5. The molecule has 2 rings (SSSR count).